The Hall–Kier alpha value is -1.88. The molecule has 2 N–H and O–H groups in total. The fraction of sp³-hybridized carbons (Fsp3) is 0.500. The molecule has 0 spiro atoms. The standard InChI is InChI=1S/C16H23N3O2/c1-11-15(21)18-14(20)10-19(11)13-8-6-5-7-12(13)9-17-16(2,3)4/h5-8,11,17H,9-10H2,1-4H3,(H,18,20,21). The first-order chi connectivity index (χ1) is 9.78. The summed E-state index contributed by atoms with van der Waals surface area (Å²) in [7, 11) is 0. The Labute approximate surface area is 125 Å². The lowest BCUT2D eigenvalue weighted by Crippen LogP contribution is -2.57. The first-order valence-electron chi connectivity index (χ1n) is 7.21. The zero-order chi connectivity index (χ0) is 15.6. The quantitative estimate of drug-likeness (QED) is 0.826. The molecule has 0 radical (unpaired) electrons. The van der Waals surface area contributed by atoms with Crippen molar-refractivity contribution in [2.75, 3.05) is 11.4 Å². The zero-order valence-electron chi connectivity index (χ0n) is 13.1. The lowest BCUT2D eigenvalue weighted by Gasteiger charge is -2.35. The monoisotopic (exact) mass is 289 g/mol. The van der Waals surface area contributed by atoms with E-state index < -0.39 is 0 Å². The summed E-state index contributed by atoms with van der Waals surface area (Å²) in [5.41, 5.74) is 2.03. The van der Waals surface area contributed by atoms with Gasteiger partial charge >= 0.3 is 0 Å². The molecular formula is C16H23N3O2. The van der Waals surface area contributed by atoms with Gasteiger partial charge in [-0.25, -0.2) is 0 Å². The predicted octanol–water partition coefficient (Wildman–Crippen LogP) is 1.43. The number of carbonyl (C=O) groups is 2. The van der Waals surface area contributed by atoms with Crippen LogP contribution in [0.15, 0.2) is 24.3 Å². The van der Waals surface area contributed by atoms with Gasteiger partial charge in [0.2, 0.25) is 11.8 Å². The van der Waals surface area contributed by atoms with E-state index in [1.165, 1.54) is 0 Å². The maximum atomic E-state index is 11.8. The lowest BCUT2D eigenvalue weighted by molar-refractivity contribution is -0.132. The first kappa shape index (κ1) is 15.5. The third-order valence-electron chi connectivity index (χ3n) is 3.53. The van der Waals surface area contributed by atoms with Crippen LogP contribution in [0.3, 0.4) is 0 Å². The van der Waals surface area contributed by atoms with Gasteiger partial charge < -0.3 is 10.2 Å². The molecule has 5 nitrogen and oxygen atoms in total. The van der Waals surface area contributed by atoms with Gasteiger partial charge in [0, 0.05) is 17.8 Å². The van der Waals surface area contributed by atoms with E-state index >= 15 is 0 Å². The zero-order valence-corrected chi connectivity index (χ0v) is 13.1. The van der Waals surface area contributed by atoms with Crippen LogP contribution in [-0.2, 0) is 16.1 Å². The maximum absolute atomic E-state index is 11.8. The fourth-order valence-corrected chi connectivity index (χ4v) is 2.31. The molecule has 1 aromatic rings. The molecule has 5 heteroatoms. The van der Waals surface area contributed by atoms with Gasteiger partial charge in [-0.2, -0.15) is 0 Å². The molecule has 1 unspecified atom stereocenters. The van der Waals surface area contributed by atoms with Crippen LogP contribution in [0.25, 0.3) is 0 Å². The molecule has 0 saturated carbocycles. The van der Waals surface area contributed by atoms with Crippen LogP contribution in [0.2, 0.25) is 0 Å². The van der Waals surface area contributed by atoms with Crippen molar-refractivity contribution in [3.05, 3.63) is 29.8 Å². The minimum Gasteiger partial charge on any atom is -0.350 e. The number of nitrogens with zero attached hydrogens (tertiary/aromatic N) is 1. The summed E-state index contributed by atoms with van der Waals surface area (Å²) in [5.74, 6) is -0.499. The second-order valence-electron chi connectivity index (χ2n) is 6.45. The number of benzene rings is 1. The fourth-order valence-electron chi connectivity index (χ4n) is 2.31. The number of piperazine rings is 1. The summed E-state index contributed by atoms with van der Waals surface area (Å²) >= 11 is 0. The third-order valence-corrected chi connectivity index (χ3v) is 3.53. The maximum Gasteiger partial charge on any atom is 0.249 e. The van der Waals surface area contributed by atoms with E-state index in [2.05, 4.69) is 31.4 Å². The molecule has 1 atom stereocenters. The van der Waals surface area contributed by atoms with E-state index in [0.29, 0.717) is 6.54 Å². The average Bonchev–Trinajstić information content (AvgIpc) is 2.40. The average molecular weight is 289 g/mol. The Morgan fingerprint density at radius 1 is 1.29 bits per heavy atom. The Morgan fingerprint density at radius 3 is 2.62 bits per heavy atom. The van der Waals surface area contributed by atoms with Gasteiger partial charge in [0.05, 0.1) is 6.54 Å². The number of nitrogens with one attached hydrogen (secondary N) is 2. The van der Waals surface area contributed by atoms with Crippen molar-refractivity contribution >= 4 is 17.5 Å². The molecule has 0 aliphatic carbocycles. The molecule has 1 aromatic carbocycles. The molecule has 114 valence electrons. The Morgan fingerprint density at radius 2 is 1.95 bits per heavy atom. The molecule has 0 bridgehead atoms. The molecule has 2 amide bonds. The van der Waals surface area contributed by atoms with E-state index in [4.69, 9.17) is 0 Å². The third kappa shape index (κ3) is 3.82. The van der Waals surface area contributed by atoms with E-state index in [1.807, 2.05) is 36.1 Å². The van der Waals surface area contributed by atoms with Crippen molar-refractivity contribution in [1.29, 1.82) is 0 Å². The smallest absolute Gasteiger partial charge is 0.249 e. The minimum atomic E-state index is -0.349. The number of carbonyl (C=O) groups excluding carboxylic acids is 2. The van der Waals surface area contributed by atoms with Crippen molar-refractivity contribution in [1.82, 2.24) is 10.6 Å². The van der Waals surface area contributed by atoms with Crippen molar-refractivity contribution < 1.29 is 9.59 Å². The summed E-state index contributed by atoms with van der Waals surface area (Å²) in [5, 5.41) is 5.81. The number of rotatable bonds is 3. The van der Waals surface area contributed by atoms with Crippen LogP contribution in [0.5, 0.6) is 0 Å². The topological polar surface area (TPSA) is 61.4 Å². The molecular weight excluding hydrogens is 266 g/mol. The SMILES string of the molecule is CC1C(=O)NC(=O)CN1c1ccccc1CNC(C)(C)C. The van der Waals surface area contributed by atoms with Crippen LogP contribution >= 0.6 is 0 Å². The Balaban J connectivity index is 2.26. The van der Waals surface area contributed by atoms with E-state index in [9.17, 15) is 9.59 Å². The Kier molecular flexibility index (Phi) is 4.32. The van der Waals surface area contributed by atoms with Gasteiger partial charge in [0.25, 0.3) is 0 Å². The van der Waals surface area contributed by atoms with Crippen LogP contribution < -0.4 is 15.5 Å². The number of hydrogen-bond donors (Lipinski definition) is 2. The molecule has 1 heterocycles. The van der Waals surface area contributed by atoms with Gasteiger partial charge in [0.1, 0.15) is 6.04 Å². The summed E-state index contributed by atoms with van der Waals surface area (Å²) in [6, 6.07) is 7.54. The highest BCUT2D eigenvalue weighted by Gasteiger charge is 2.31. The van der Waals surface area contributed by atoms with Gasteiger partial charge in [-0.3, -0.25) is 14.9 Å². The molecule has 1 aliphatic heterocycles. The lowest BCUT2D eigenvalue weighted by atomic mass is 10.1. The first-order valence-corrected chi connectivity index (χ1v) is 7.21. The van der Waals surface area contributed by atoms with Crippen molar-refractivity contribution in [2.24, 2.45) is 0 Å². The minimum absolute atomic E-state index is 0.00776. The molecule has 21 heavy (non-hydrogen) atoms. The van der Waals surface area contributed by atoms with Gasteiger partial charge in [0.15, 0.2) is 0 Å². The van der Waals surface area contributed by atoms with Gasteiger partial charge in [-0.15, -0.1) is 0 Å². The molecule has 1 saturated heterocycles. The van der Waals surface area contributed by atoms with Gasteiger partial charge in [-0.05, 0) is 39.3 Å². The molecule has 0 aromatic heterocycles. The molecule has 1 fully saturated rings. The highest BCUT2D eigenvalue weighted by Crippen LogP contribution is 2.24. The highest BCUT2D eigenvalue weighted by atomic mass is 16.2. The molecule has 1 aliphatic rings. The number of hydrogen-bond acceptors (Lipinski definition) is 4. The van der Waals surface area contributed by atoms with Crippen LogP contribution in [-0.4, -0.2) is 29.9 Å². The van der Waals surface area contributed by atoms with Crippen LogP contribution in [0, 0.1) is 0 Å². The van der Waals surface area contributed by atoms with Crippen molar-refractivity contribution in [3.8, 4) is 0 Å². The normalized spacial score (nSPS) is 19.6. The largest absolute Gasteiger partial charge is 0.350 e. The number of amides is 2. The summed E-state index contributed by atoms with van der Waals surface area (Å²) in [6.07, 6.45) is 0. The summed E-state index contributed by atoms with van der Waals surface area (Å²) in [6.45, 7) is 9.04. The number of anilines is 1. The highest BCUT2D eigenvalue weighted by molar-refractivity contribution is 6.04. The van der Waals surface area contributed by atoms with Crippen LogP contribution in [0.4, 0.5) is 5.69 Å². The van der Waals surface area contributed by atoms with Crippen LogP contribution in [0.1, 0.15) is 33.3 Å². The summed E-state index contributed by atoms with van der Waals surface area (Å²) < 4.78 is 0. The number of para-hydroxylation sites is 1. The van der Waals surface area contributed by atoms with E-state index in [1.54, 1.807) is 0 Å². The second kappa shape index (κ2) is 5.85. The van der Waals surface area contributed by atoms with Gasteiger partial charge in [-0.1, -0.05) is 18.2 Å². The second-order valence-corrected chi connectivity index (χ2v) is 6.45. The van der Waals surface area contributed by atoms with E-state index in [0.717, 1.165) is 11.3 Å². The molecule has 2 rings (SSSR count). The van der Waals surface area contributed by atoms with E-state index in [-0.39, 0.29) is 29.9 Å². The summed E-state index contributed by atoms with van der Waals surface area (Å²) in [4.78, 5) is 25.3. The number of imide groups is 1. The van der Waals surface area contributed by atoms with Crippen molar-refractivity contribution in [3.63, 3.8) is 0 Å². The predicted molar refractivity (Wildman–Crippen MR) is 83.0 cm³/mol. The van der Waals surface area contributed by atoms with Crippen molar-refractivity contribution in [2.45, 2.75) is 45.8 Å². The Bertz CT molecular complexity index is 549.